The Bertz CT molecular complexity index is 786. The monoisotopic (exact) mass is 316 g/mol. The van der Waals surface area contributed by atoms with E-state index in [1.165, 1.54) is 23.6 Å². The van der Waals surface area contributed by atoms with Crippen LogP contribution in [0.5, 0.6) is 0 Å². The standard InChI is InChI=1S/C16H13FN2O2S/c17-15-8-11(5-6-18-15)16(21)19-9-12(20)14-7-10-3-1-2-4-13(10)22-14/h1-8,12,20H,9H2,(H,19,21). The Morgan fingerprint density at radius 2 is 2.14 bits per heavy atom. The zero-order valence-electron chi connectivity index (χ0n) is 11.5. The first-order valence-corrected chi connectivity index (χ1v) is 7.51. The Labute approximate surface area is 130 Å². The summed E-state index contributed by atoms with van der Waals surface area (Å²) in [6.07, 6.45) is 0.431. The second-order valence-corrected chi connectivity index (χ2v) is 5.90. The van der Waals surface area contributed by atoms with Gasteiger partial charge in [0.25, 0.3) is 5.91 Å². The summed E-state index contributed by atoms with van der Waals surface area (Å²) in [5.41, 5.74) is 0.177. The number of fused-ring (bicyclic) bond motifs is 1. The van der Waals surface area contributed by atoms with Crippen LogP contribution in [0, 0.1) is 5.95 Å². The number of aromatic nitrogens is 1. The molecule has 1 amide bonds. The van der Waals surface area contributed by atoms with Crippen molar-refractivity contribution in [3.8, 4) is 0 Å². The number of nitrogens with one attached hydrogen (secondary N) is 1. The lowest BCUT2D eigenvalue weighted by molar-refractivity contribution is 0.0917. The number of hydrogen-bond acceptors (Lipinski definition) is 4. The molecule has 1 aromatic carbocycles. The van der Waals surface area contributed by atoms with Crippen LogP contribution in [0.2, 0.25) is 0 Å². The molecule has 2 heterocycles. The second kappa shape index (κ2) is 6.21. The third-order valence-corrected chi connectivity index (χ3v) is 4.44. The predicted molar refractivity (Wildman–Crippen MR) is 83.3 cm³/mol. The zero-order valence-corrected chi connectivity index (χ0v) is 12.3. The molecule has 112 valence electrons. The molecule has 0 saturated carbocycles. The van der Waals surface area contributed by atoms with Crippen molar-refractivity contribution in [2.45, 2.75) is 6.10 Å². The molecule has 1 unspecified atom stereocenters. The molecule has 0 spiro atoms. The molecule has 4 nitrogen and oxygen atoms in total. The highest BCUT2D eigenvalue weighted by molar-refractivity contribution is 7.19. The van der Waals surface area contributed by atoms with E-state index in [1.807, 2.05) is 30.3 Å². The highest BCUT2D eigenvalue weighted by Gasteiger charge is 2.14. The summed E-state index contributed by atoms with van der Waals surface area (Å²) >= 11 is 1.48. The number of pyridine rings is 1. The molecule has 0 aliphatic carbocycles. The van der Waals surface area contributed by atoms with Gasteiger partial charge in [0.15, 0.2) is 0 Å². The number of amides is 1. The maximum atomic E-state index is 13.0. The fraction of sp³-hybridized carbons (Fsp3) is 0.125. The van der Waals surface area contributed by atoms with E-state index in [0.29, 0.717) is 0 Å². The molecule has 2 aromatic heterocycles. The van der Waals surface area contributed by atoms with Gasteiger partial charge >= 0.3 is 0 Å². The van der Waals surface area contributed by atoms with Crippen LogP contribution in [-0.2, 0) is 0 Å². The van der Waals surface area contributed by atoms with Crippen molar-refractivity contribution in [1.82, 2.24) is 10.3 Å². The largest absolute Gasteiger partial charge is 0.386 e. The molecule has 22 heavy (non-hydrogen) atoms. The summed E-state index contributed by atoms with van der Waals surface area (Å²) in [6.45, 7) is 0.0651. The number of rotatable bonds is 4. The number of carbonyl (C=O) groups excluding carboxylic acids is 1. The number of benzene rings is 1. The van der Waals surface area contributed by atoms with Gasteiger partial charge in [-0.05, 0) is 23.6 Å². The lowest BCUT2D eigenvalue weighted by atomic mass is 10.2. The van der Waals surface area contributed by atoms with E-state index in [1.54, 1.807) is 0 Å². The minimum Gasteiger partial charge on any atom is -0.386 e. The number of halogens is 1. The molecule has 0 bridgehead atoms. The van der Waals surface area contributed by atoms with Gasteiger partial charge in [0, 0.05) is 33.9 Å². The second-order valence-electron chi connectivity index (χ2n) is 4.78. The van der Waals surface area contributed by atoms with E-state index in [4.69, 9.17) is 0 Å². The number of thiophene rings is 1. The van der Waals surface area contributed by atoms with E-state index >= 15 is 0 Å². The number of aliphatic hydroxyl groups excluding tert-OH is 1. The molecule has 0 fully saturated rings. The average molecular weight is 316 g/mol. The van der Waals surface area contributed by atoms with Crippen molar-refractivity contribution in [2.75, 3.05) is 6.54 Å². The van der Waals surface area contributed by atoms with Crippen molar-refractivity contribution >= 4 is 27.3 Å². The fourth-order valence-corrected chi connectivity index (χ4v) is 3.15. The zero-order chi connectivity index (χ0) is 15.5. The Kier molecular flexibility index (Phi) is 4.13. The maximum absolute atomic E-state index is 13.0. The summed E-state index contributed by atoms with van der Waals surface area (Å²) in [5.74, 6) is -1.15. The molecule has 0 saturated heterocycles. The lowest BCUT2D eigenvalue weighted by Crippen LogP contribution is -2.28. The molecule has 0 radical (unpaired) electrons. The van der Waals surface area contributed by atoms with Crippen molar-refractivity contribution in [1.29, 1.82) is 0 Å². The quantitative estimate of drug-likeness (QED) is 0.728. The van der Waals surface area contributed by atoms with Crippen LogP contribution >= 0.6 is 11.3 Å². The van der Waals surface area contributed by atoms with Gasteiger partial charge in [0.2, 0.25) is 5.95 Å². The van der Waals surface area contributed by atoms with Gasteiger partial charge in [0.1, 0.15) is 6.10 Å². The topological polar surface area (TPSA) is 62.2 Å². The highest BCUT2D eigenvalue weighted by Crippen LogP contribution is 2.29. The van der Waals surface area contributed by atoms with Gasteiger partial charge in [-0.2, -0.15) is 4.39 Å². The van der Waals surface area contributed by atoms with Gasteiger partial charge in [-0.25, -0.2) is 4.98 Å². The van der Waals surface area contributed by atoms with Crippen LogP contribution < -0.4 is 5.32 Å². The molecular formula is C16H13FN2O2S. The number of nitrogens with zero attached hydrogens (tertiary/aromatic N) is 1. The maximum Gasteiger partial charge on any atom is 0.251 e. The summed E-state index contributed by atoms with van der Waals surface area (Å²) in [7, 11) is 0. The first-order valence-electron chi connectivity index (χ1n) is 6.70. The van der Waals surface area contributed by atoms with Gasteiger partial charge in [-0.1, -0.05) is 18.2 Å². The van der Waals surface area contributed by atoms with E-state index in [2.05, 4.69) is 10.3 Å². The van der Waals surface area contributed by atoms with Crippen molar-refractivity contribution < 1.29 is 14.3 Å². The van der Waals surface area contributed by atoms with Crippen LogP contribution in [-0.4, -0.2) is 22.5 Å². The van der Waals surface area contributed by atoms with Crippen molar-refractivity contribution in [3.05, 3.63) is 65.0 Å². The van der Waals surface area contributed by atoms with Gasteiger partial charge in [0.05, 0.1) is 0 Å². The van der Waals surface area contributed by atoms with E-state index in [0.717, 1.165) is 21.0 Å². The summed E-state index contributed by atoms with van der Waals surface area (Å²) < 4.78 is 14.1. The average Bonchev–Trinajstić information content (AvgIpc) is 2.96. The summed E-state index contributed by atoms with van der Waals surface area (Å²) in [4.78, 5) is 16.1. The van der Waals surface area contributed by atoms with Crippen LogP contribution in [0.25, 0.3) is 10.1 Å². The third kappa shape index (κ3) is 3.13. The highest BCUT2D eigenvalue weighted by atomic mass is 32.1. The van der Waals surface area contributed by atoms with E-state index in [9.17, 15) is 14.3 Å². The smallest absolute Gasteiger partial charge is 0.251 e. The Morgan fingerprint density at radius 3 is 2.91 bits per heavy atom. The molecule has 0 aliphatic rings. The first-order chi connectivity index (χ1) is 10.6. The summed E-state index contributed by atoms with van der Waals surface area (Å²) in [6, 6.07) is 12.2. The Balaban J connectivity index is 1.66. The minimum atomic E-state index is -0.798. The van der Waals surface area contributed by atoms with Crippen molar-refractivity contribution in [2.24, 2.45) is 0 Å². The predicted octanol–water partition coefficient (Wildman–Crippen LogP) is 2.90. The molecule has 3 aromatic rings. The van der Waals surface area contributed by atoms with E-state index in [-0.39, 0.29) is 12.1 Å². The Hall–Kier alpha value is -2.31. The molecule has 1 atom stereocenters. The van der Waals surface area contributed by atoms with Crippen LogP contribution in [0.15, 0.2) is 48.7 Å². The molecule has 2 N–H and O–H groups in total. The van der Waals surface area contributed by atoms with Crippen molar-refractivity contribution in [3.63, 3.8) is 0 Å². The molecule has 0 aliphatic heterocycles. The SMILES string of the molecule is O=C(NCC(O)c1cc2ccccc2s1)c1ccnc(F)c1. The molecule has 3 rings (SSSR count). The molecular weight excluding hydrogens is 303 g/mol. The van der Waals surface area contributed by atoms with Crippen LogP contribution in [0.3, 0.4) is 0 Å². The van der Waals surface area contributed by atoms with Gasteiger partial charge in [-0.15, -0.1) is 11.3 Å². The fourth-order valence-electron chi connectivity index (χ4n) is 2.10. The number of carbonyl (C=O) groups is 1. The number of hydrogen-bond donors (Lipinski definition) is 2. The van der Waals surface area contributed by atoms with Crippen LogP contribution in [0.4, 0.5) is 4.39 Å². The molecule has 6 heteroatoms. The normalized spacial score (nSPS) is 12.3. The van der Waals surface area contributed by atoms with Gasteiger partial charge in [-0.3, -0.25) is 4.79 Å². The Morgan fingerprint density at radius 1 is 1.32 bits per heavy atom. The lowest BCUT2D eigenvalue weighted by Gasteiger charge is -2.10. The summed E-state index contributed by atoms with van der Waals surface area (Å²) in [5, 5.41) is 13.8. The van der Waals surface area contributed by atoms with E-state index < -0.39 is 18.0 Å². The van der Waals surface area contributed by atoms with Gasteiger partial charge < -0.3 is 10.4 Å². The number of aliphatic hydroxyl groups is 1. The van der Waals surface area contributed by atoms with Crippen LogP contribution in [0.1, 0.15) is 21.3 Å². The third-order valence-electron chi connectivity index (χ3n) is 3.22. The first kappa shape index (κ1) is 14.6. The minimum absolute atomic E-state index is 0.0651.